The highest BCUT2D eigenvalue weighted by Gasteiger charge is 2.29. The zero-order valence-corrected chi connectivity index (χ0v) is 11.4. The lowest BCUT2D eigenvalue weighted by Crippen LogP contribution is -2.45. The lowest BCUT2D eigenvalue weighted by Gasteiger charge is -2.24. The predicted octanol–water partition coefficient (Wildman–Crippen LogP) is 2.21. The van der Waals surface area contributed by atoms with Crippen LogP contribution in [-0.2, 0) is 17.9 Å². The Morgan fingerprint density at radius 3 is 2.78 bits per heavy atom. The molecule has 2 atom stereocenters. The lowest BCUT2D eigenvalue weighted by molar-refractivity contribution is -0.134. The summed E-state index contributed by atoms with van der Waals surface area (Å²) in [5.74, 6) is 0.322. The van der Waals surface area contributed by atoms with Crippen LogP contribution in [0.2, 0.25) is 0 Å². The molecule has 3 heteroatoms. The zero-order chi connectivity index (χ0) is 13.3. The summed E-state index contributed by atoms with van der Waals surface area (Å²) in [5.41, 5.74) is 9.85. The predicted molar refractivity (Wildman–Crippen MR) is 72.9 cm³/mol. The van der Waals surface area contributed by atoms with Crippen molar-refractivity contribution in [2.45, 2.75) is 46.3 Å². The number of rotatable bonds is 3. The van der Waals surface area contributed by atoms with Crippen molar-refractivity contribution in [1.29, 1.82) is 0 Å². The molecule has 3 nitrogen and oxygen atoms in total. The number of hydrogen-bond donors (Lipinski definition) is 1. The molecule has 0 unspecified atom stereocenters. The van der Waals surface area contributed by atoms with Crippen molar-refractivity contribution >= 4 is 5.91 Å². The molecule has 1 amide bonds. The number of nitrogens with two attached hydrogens (primary N) is 1. The smallest absolute Gasteiger partial charge is 0.240 e. The highest BCUT2D eigenvalue weighted by molar-refractivity contribution is 5.82. The van der Waals surface area contributed by atoms with E-state index in [2.05, 4.69) is 32.0 Å². The lowest BCUT2D eigenvalue weighted by atomic mass is 9.99. The molecule has 98 valence electrons. The van der Waals surface area contributed by atoms with E-state index in [0.717, 1.165) is 6.42 Å². The van der Waals surface area contributed by atoms with Gasteiger partial charge in [0.25, 0.3) is 0 Å². The van der Waals surface area contributed by atoms with Gasteiger partial charge in [0.15, 0.2) is 0 Å². The Morgan fingerprint density at radius 1 is 1.44 bits per heavy atom. The number of amides is 1. The molecule has 0 spiro atoms. The molecule has 1 aromatic rings. The summed E-state index contributed by atoms with van der Waals surface area (Å²) in [7, 11) is 0. The minimum atomic E-state index is -0.371. The summed E-state index contributed by atoms with van der Waals surface area (Å²) in [4.78, 5) is 14.2. The van der Waals surface area contributed by atoms with E-state index >= 15 is 0 Å². The second-order valence-corrected chi connectivity index (χ2v) is 5.32. The van der Waals surface area contributed by atoms with Crippen LogP contribution in [0.5, 0.6) is 0 Å². The minimum absolute atomic E-state index is 0.0833. The van der Waals surface area contributed by atoms with Crippen molar-refractivity contribution < 1.29 is 4.79 Å². The van der Waals surface area contributed by atoms with Crippen molar-refractivity contribution in [3.05, 3.63) is 34.9 Å². The van der Waals surface area contributed by atoms with Crippen LogP contribution in [0.1, 0.15) is 37.0 Å². The molecule has 0 aliphatic carbocycles. The van der Waals surface area contributed by atoms with E-state index in [1.165, 1.54) is 16.7 Å². The van der Waals surface area contributed by atoms with Crippen LogP contribution in [0.15, 0.2) is 18.2 Å². The van der Waals surface area contributed by atoms with E-state index in [9.17, 15) is 4.79 Å². The van der Waals surface area contributed by atoms with Gasteiger partial charge in [-0.15, -0.1) is 0 Å². The third kappa shape index (κ3) is 2.27. The summed E-state index contributed by atoms with van der Waals surface area (Å²) >= 11 is 0. The summed E-state index contributed by atoms with van der Waals surface area (Å²) in [6.07, 6.45) is 0.937. The maximum absolute atomic E-state index is 12.3. The molecule has 0 saturated heterocycles. The van der Waals surface area contributed by atoms with Gasteiger partial charge in [0.05, 0.1) is 6.04 Å². The monoisotopic (exact) mass is 246 g/mol. The number of hydrogen-bond acceptors (Lipinski definition) is 2. The number of carbonyl (C=O) groups excluding carboxylic acids is 1. The van der Waals surface area contributed by atoms with Crippen molar-refractivity contribution in [1.82, 2.24) is 4.90 Å². The second-order valence-electron chi connectivity index (χ2n) is 5.32. The standard InChI is InChI=1S/C15H22N2O/c1-4-10(2)14(16)15(18)17-8-12-7-5-6-11(3)13(12)9-17/h5-7,10,14H,4,8-9,16H2,1-3H3/t10-,14-/m0/s1. The van der Waals surface area contributed by atoms with E-state index in [-0.39, 0.29) is 17.9 Å². The first-order valence-corrected chi connectivity index (χ1v) is 6.66. The Bertz CT molecular complexity index is 456. The normalized spacial score (nSPS) is 17.4. The average molecular weight is 246 g/mol. The van der Waals surface area contributed by atoms with Gasteiger partial charge in [0.1, 0.15) is 0 Å². The van der Waals surface area contributed by atoms with Crippen molar-refractivity contribution in [3.8, 4) is 0 Å². The van der Waals surface area contributed by atoms with Crippen molar-refractivity contribution in [2.75, 3.05) is 0 Å². The van der Waals surface area contributed by atoms with Gasteiger partial charge in [-0.1, -0.05) is 38.5 Å². The zero-order valence-electron chi connectivity index (χ0n) is 11.4. The molecule has 2 rings (SSSR count). The van der Waals surface area contributed by atoms with Gasteiger partial charge < -0.3 is 10.6 Å². The number of carbonyl (C=O) groups is 1. The van der Waals surface area contributed by atoms with Gasteiger partial charge in [0, 0.05) is 13.1 Å². The maximum atomic E-state index is 12.3. The Hall–Kier alpha value is -1.35. The Morgan fingerprint density at radius 2 is 2.17 bits per heavy atom. The van der Waals surface area contributed by atoms with Gasteiger partial charge in [-0.05, 0) is 29.5 Å². The van der Waals surface area contributed by atoms with Gasteiger partial charge in [-0.2, -0.15) is 0 Å². The Balaban J connectivity index is 2.11. The van der Waals surface area contributed by atoms with Crippen LogP contribution in [0.3, 0.4) is 0 Å². The molecule has 18 heavy (non-hydrogen) atoms. The van der Waals surface area contributed by atoms with Gasteiger partial charge in [-0.3, -0.25) is 4.79 Å². The van der Waals surface area contributed by atoms with E-state index in [0.29, 0.717) is 13.1 Å². The Kier molecular flexibility index (Phi) is 3.71. The molecule has 2 N–H and O–H groups in total. The van der Waals surface area contributed by atoms with Crippen LogP contribution < -0.4 is 5.73 Å². The summed E-state index contributed by atoms with van der Waals surface area (Å²) in [6.45, 7) is 7.63. The first kappa shape index (κ1) is 13.1. The van der Waals surface area contributed by atoms with Crippen LogP contribution in [0.4, 0.5) is 0 Å². The quantitative estimate of drug-likeness (QED) is 0.888. The largest absolute Gasteiger partial charge is 0.333 e. The highest BCUT2D eigenvalue weighted by atomic mass is 16.2. The molecule has 0 bridgehead atoms. The first-order chi connectivity index (χ1) is 8.54. The molecule has 0 saturated carbocycles. The van der Waals surface area contributed by atoms with Crippen LogP contribution in [0, 0.1) is 12.8 Å². The molecule has 1 heterocycles. The number of fused-ring (bicyclic) bond motifs is 1. The van der Waals surface area contributed by atoms with Crippen LogP contribution >= 0.6 is 0 Å². The SMILES string of the molecule is CC[C@H](C)[C@H](N)C(=O)N1Cc2cccc(C)c2C1. The molecular weight excluding hydrogens is 224 g/mol. The molecule has 0 aromatic heterocycles. The topological polar surface area (TPSA) is 46.3 Å². The number of aryl methyl sites for hydroxylation is 1. The van der Waals surface area contributed by atoms with Gasteiger partial charge >= 0.3 is 0 Å². The fraction of sp³-hybridized carbons (Fsp3) is 0.533. The van der Waals surface area contributed by atoms with Crippen LogP contribution in [-0.4, -0.2) is 16.8 Å². The first-order valence-electron chi connectivity index (χ1n) is 6.66. The molecule has 1 aliphatic heterocycles. The summed E-state index contributed by atoms with van der Waals surface area (Å²) in [6, 6.07) is 5.88. The van der Waals surface area contributed by atoms with Crippen molar-refractivity contribution in [3.63, 3.8) is 0 Å². The van der Waals surface area contributed by atoms with Gasteiger partial charge in [-0.25, -0.2) is 0 Å². The maximum Gasteiger partial charge on any atom is 0.240 e. The molecule has 0 fully saturated rings. The minimum Gasteiger partial charge on any atom is -0.333 e. The van der Waals surface area contributed by atoms with Crippen molar-refractivity contribution in [2.24, 2.45) is 11.7 Å². The number of benzene rings is 1. The second kappa shape index (κ2) is 5.11. The highest BCUT2D eigenvalue weighted by Crippen LogP contribution is 2.26. The third-order valence-electron chi connectivity index (χ3n) is 4.07. The fourth-order valence-electron chi connectivity index (χ4n) is 2.45. The molecule has 1 aliphatic rings. The Labute approximate surface area is 109 Å². The van der Waals surface area contributed by atoms with Gasteiger partial charge in [0.2, 0.25) is 5.91 Å². The average Bonchev–Trinajstić information content (AvgIpc) is 2.81. The van der Waals surface area contributed by atoms with Crippen LogP contribution in [0.25, 0.3) is 0 Å². The van der Waals surface area contributed by atoms with E-state index in [4.69, 9.17) is 5.73 Å². The summed E-state index contributed by atoms with van der Waals surface area (Å²) < 4.78 is 0. The summed E-state index contributed by atoms with van der Waals surface area (Å²) in [5, 5.41) is 0. The third-order valence-corrected chi connectivity index (χ3v) is 4.07. The van der Waals surface area contributed by atoms with E-state index in [1.807, 2.05) is 11.8 Å². The van der Waals surface area contributed by atoms with E-state index < -0.39 is 0 Å². The molecule has 1 aromatic carbocycles. The molecule has 0 radical (unpaired) electrons. The van der Waals surface area contributed by atoms with E-state index in [1.54, 1.807) is 0 Å². The number of nitrogens with zero attached hydrogens (tertiary/aromatic N) is 1. The fourth-order valence-corrected chi connectivity index (χ4v) is 2.45. The molecular formula is C15H22N2O.